The molecular formula is C12H13N3O4. The molecule has 0 unspecified atom stereocenters. The van der Waals surface area contributed by atoms with Crippen LogP contribution in [0.4, 0.5) is 11.4 Å². The topological polar surface area (TPSA) is 104 Å². The van der Waals surface area contributed by atoms with Crippen LogP contribution in [0.25, 0.3) is 0 Å². The number of hydrazine groups is 1. The zero-order valence-corrected chi connectivity index (χ0v) is 10.0. The Labute approximate surface area is 109 Å². The number of hydrogen-bond acceptors (Lipinski definition) is 6. The molecule has 7 nitrogen and oxygen atoms in total. The van der Waals surface area contributed by atoms with Crippen LogP contribution in [0.15, 0.2) is 41.0 Å². The maximum Gasteiger partial charge on any atom is 0.269 e. The van der Waals surface area contributed by atoms with Gasteiger partial charge in [0.15, 0.2) is 0 Å². The molecule has 0 aliphatic rings. The molecule has 0 spiro atoms. The summed E-state index contributed by atoms with van der Waals surface area (Å²) in [5.41, 5.74) is 3.68. The van der Waals surface area contributed by atoms with Gasteiger partial charge in [-0.3, -0.25) is 16.0 Å². The van der Waals surface area contributed by atoms with Crippen LogP contribution in [0.3, 0.4) is 0 Å². The second-order valence-corrected chi connectivity index (χ2v) is 3.82. The maximum absolute atomic E-state index is 10.7. The van der Waals surface area contributed by atoms with E-state index in [9.17, 15) is 10.1 Å². The number of ether oxygens (including phenoxy) is 1. The van der Waals surface area contributed by atoms with E-state index in [0.717, 1.165) is 0 Å². The van der Waals surface area contributed by atoms with Crippen molar-refractivity contribution in [3.05, 3.63) is 58.0 Å². The van der Waals surface area contributed by atoms with E-state index in [1.165, 1.54) is 12.1 Å². The number of hydrogen-bond donors (Lipinski definition) is 2. The van der Waals surface area contributed by atoms with Gasteiger partial charge in [0.25, 0.3) is 5.69 Å². The van der Waals surface area contributed by atoms with Crippen molar-refractivity contribution in [3.8, 4) is 0 Å². The summed E-state index contributed by atoms with van der Waals surface area (Å²) in [6, 6.07) is 7.90. The number of nitrogens with zero attached hydrogens (tertiary/aromatic N) is 1. The summed E-state index contributed by atoms with van der Waals surface area (Å²) in [5.74, 6) is 6.04. The Morgan fingerprint density at radius 2 is 2.21 bits per heavy atom. The first-order chi connectivity index (χ1) is 9.20. The zero-order valence-electron chi connectivity index (χ0n) is 10.0. The maximum atomic E-state index is 10.7. The lowest BCUT2D eigenvalue weighted by atomic mass is 10.1. The summed E-state index contributed by atoms with van der Waals surface area (Å²) in [7, 11) is 0. The fourth-order valence-electron chi connectivity index (χ4n) is 1.61. The van der Waals surface area contributed by atoms with Crippen LogP contribution >= 0.6 is 0 Å². The minimum absolute atomic E-state index is 0.00408. The first-order valence-electron chi connectivity index (χ1n) is 5.55. The Bertz CT molecular complexity index is 554. The van der Waals surface area contributed by atoms with Gasteiger partial charge in [-0.25, -0.2) is 0 Å². The quantitative estimate of drug-likeness (QED) is 0.470. The molecule has 0 atom stereocenters. The number of nitrogen functional groups attached to an aromatic ring is 1. The van der Waals surface area contributed by atoms with Crippen LogP contribution in [0.5, 0.6) is 0 Å². The van der Waals surface area contributed by atoms with E-state index in [1.54, 1.807) is 24.5 Å². The van der Waals surface area contributed by atoms with Crippen molar-refractivity contribution < 1.29 is 14.1 Å². The second-order valence-electron chi connectivity index (χ2n) is 3.82. The third-order valence-corrected chi connectivity index (χ3v) is 2.54. The van der Waals surface area contributed by atoms with Gasteiger partial charge in [0.2, 0.25) is 0 Å². The minimum Gasteiger partial charge on any atom is -0.467 e. The van der Waals surface area contributed by atoms with Crippen LogP contribution < -0.4 is 11.3 Å². The van der Waals surface area contributed by atoms with Gasteiger partial charge < -0.3 is 14.6 Å². The Hall–Kier alpha value is -2.38. The van der Waals surface area contributed by atoms with Gasteiger partial charge in [0.1, 0.15) is 12.4 Å². The molecule has 0 aliphatic carbocycles. The highest BCUT2D eigenvalue weighted by Crippen LogP contribution is 2.22. The van der Waals surface area contributed by atoms with Gasteiger partial charge in [0.05, 0.1) is 23.5 Å². The highest BCUT2D eigenvalue weighted by Gasteiger charge is 2.10. The van der Waals surface area contributed by atoms with Gasteiger partial charge in [0, 0.05) is 17.7 Å². The molecule has 7 heteroatoms. The molecule has 0 radical (unpaired) electrons. The number of nitro groups is 1. The smallest absolute Gasteiger partial charge is 0.269 e. The van der Waals surface area contributed by atoms with E-state index in [1.807, 2.05) is 0 Å². The third-order valence-electron chi connectivity index (χ3n) is 2.54. The molecule has 0 fully saturated rings. The first-order valence-corrected chi connectivity index (χ1v) is 5.55. The Balaban J connectivity index is 2.04. The van der Waals surface area contributed by atoms with Gasteiger partial charge in [-0.2, -0.15) is 0 Å². The molecule has 0 amide bonds. The van der Waals surface area contributed by atoms with Crippen LogP contribution in [-0.2, 0) is 18.0 Å². The monoisotopic (exact) mass is 263 g/mol. The lowest BCUT2D eigenvalue weighted by Gasteiger charge is -2.08. The number of non-ortho nitro benzene ring substituents is 1. The molecule has 2 aromatic rings. The van der Waals surface area contributed by atoms with E-state index in [0.29, 0.717) is 23.6 Å². The number of benzene rings is 1. The Morgan fingerprint density at radius 3 is 2.84 bits per heavy atom. The van der Waals surface area contributed by atoms with Crippen molar-refractivity contribution in [2.75, 3.05) is 5.43 Å². The van der Waals surface area contributed by atoms with Crippen LogP contribution in [0.1, 0.15) is 11.3 Å². The average molecular weight is 263 g/mol. The molecular weight excluding hydrogens is 250 g/mol. The van der Waals surface area contributed by atoms with Crippen molar-refractivity contribution in [2.45, 2.75) is 13.2 Å². The molecule has 2 rings (SSSR count). The SMILES string of the molecule is NNc1ccc([N+](=O)[O-])cc1COCc1ccco1. The number of nitrogens with two attached hydrogens (primary N) is 1. The molecule has 0 aliphatic heterocycles. The molecule has 3 N–H and O–H groups in total. The molecule has 1 aromatic carbocycles. The molecule has 0 saturated carbocycles. The predicted molar refractivity (Wildman–Crippen MR) is 68.1 cm³/mol. The fourth-order valence-corrected chi connectivity index (χ4v) is 1.61. The Morgan fingerprint density at radius 1 is 1.37 bits per heavy atom. The minimum atomic E-state index is -0.462. The highest BCUT2D eigenvalue weighted by molar-refractivity contribution is 5.55. The molecule has 1 heterocycles. The summed E-state index contributed by atoms with van der Waals surface area (Å²) >= 11 is 0. The molecule has 0 saturated heterocycles. The first kappa shape index (κ1) is 13.1. The second kappa shape index (κ2) is 5.98. The van der Waals surface area contributed by atoms with Crippen LogP contribution in [-0.4, -0.2) is 4.92 Å². The molecule has 19 heavy (non-hydrogen) atoms. The van der Waals surface area contributed by atoms with Gasteiger partial charge >= 0.3 is 0 Å². The van der Waals surface area contributed by atoms with Gasteiger partial charge in [-0.1, -0.05) is 0 Å². The van der Waals surface area contributed by atoms with Crippen molar-refractivity contribution in [3.63, 3.8) is 0 Å². The third kappa shape index (κ3) is 3.30. The molecule has 100 valence electrons. The fraction of sp³-hybridized carbons (Fsp3) is 0.167. The van der Waals surface area contributed by atoms with Crippen molar-refractivity contribution in [2.24, 2.45) is 5.84 Å². The normalized spacial score (nSPS) is 10.4. The van der Waals surface area contributed by atoms with E-state index in [4.69, 9.17) is 15.0 Å². The average Bonchev–Trinajstić information content (AvgIpc) is 2.91. The Kier molecular flexibility index (Phi) is 4.11. The van der Waals surface area contributed by atoms with Crippen LogP contribution in [0, 0.1) is 10.1 Å². The summed E-state index contributed by atoms with van der Waals surface area (Å²) in [6.07, 6.45) is 1.55. The number of rotatable bonds is 6. The highest BCUT2D eigenvalue weighted by atomic mass is 16.6. The molecule has 0 bridgehead atoms. The summed E-state index contributed by atoms with van der Waals surface area (Å²) in [6.45, 7) is 0.488. The van der Waals surface area contributed by atoms with E-state index in [2.05, 4.69) is 5.43 Å². The summed E-state index contributed by atoms with van der Waals surface area (Å²) in [4.78, 5) is 10.2. The largest absolute Gasteiger partial charge is 0.467 e. The van der Waals surface area contributed by atoms with Gasteiger partial charge in [-0.05, 0) is 18.2 Å². The van der Waals surface area contributed by atoms with Crippen LogP contribution in [0.2, 0.25) is 0 Å². The van der Waals surface area contributed by atoms with Crippen molar-refractivity contribution >= 4 is 11.4 Å². The zero-order chi connectivity index (χ0) is 13.7. The molecule has 1 aromatic heterocycles. The lowest BCUT2D eigenvalue weighted by Crippen LogP contribution is -2.10. The lowest BCUT2D eigenvalue weighted by molar-refractivity contribution is -0.384. The van der Waals surface area contributed by atoms with Gasteiger partial charge in [-0.15, -0.1) is 0 Å². The number of nitrogens with one attached hydrogen (secondary N) is 1. The van der Waals surface area contributed by atoms with E-state index in [-0.39, 0.29) is 12.3 Å². The summed E-state index contributed by atoms with van der Waals surface area (Å²) < 4.78 is 10.5. The number of nitro benzene ring substituents is 1. The summed E-state index contributed by atoms with van der Waals surface area (Å²) in [5, 5.41) is 10.7. The van der Waals surface area contributed by atoms with Crippen molar-refractivity contribution in [1.82, 2.24) is 0 Å². The number of furan rings is 1. The van der Waals surface area contributed by atoms with E-state index < -0.39 is 4.92 Å². The standard InChI is InChI=1S/C12H13N3O4/c13-14-12-4-3-10(15(16)17)6-9(12)7-18-8-11-2-1-5-19-11/h1-6,14H,7-8,13H2. The van der Waals surface area contributed by atoms with Crippen molar-refractivity contribution in [1.29, 1.82) is 0 Å². The number of anilines is 1. The predicted octanol–water partition coefficient (Wildman–Crippen LogP) is 2.19. The van der Waals surface area contributed by atoms with E-state index >= 15 is 0 Å².